The van der Waals surface area contributed by atoms with Crippen molar-refractivity contribution in [3.05, 3.63) is 83.1 Å². The summed E-state index contributed by atoms with van der Waals surface area (Å²) in [5, 5.41) is 10.9. The molecule has 0 radical (unpaired) electrons. The van der Waals surface area contributed by atoms with Crippen molar-refractivity contribution in [2.45, 2.75) is 32.7 Å². The third-order valence-corrected chi connectivity index (χ3v) is 5.21. The first-order valence-electron chi connectivity index (χ1n) is 10.1. The van der Waals surface area contributed by atoms with Crippen LogP contribution in [0, 0.1) is 6.92 Å². The third kappa shape index (κ3) is 4.97. The number of aryl methyl sites for hydroxylation is 1. The standard InChI is InChI=1S/C23H23N5O2S/c1-15-20-18(27-28-23(31)26-16-8-3-2-4-9-16)11-7-12-19(20)30-21(15)22(29)25-14-17-10-5-6-13-24-17/h2-6,8-10,13H,7,11-12,14H2,1H3,(H,25,29)(H2,26,28,31)/b27-18+. The Morgan fingerprint density at radius 2 is 1.97 bits per heavy atom. The Balaban J connectivity index is 1.46. The van der Waals surface area contributed by atoms with Crippen LogP contribution in [0.3, 0.4) is 0 Å². The average molecular weight is 434 g/mol. The van der Waals surface area contributed by atoms with Crippen LogP contribution in [-0.4, -0.2) is 21.7 Å². The Kier molecular flexibility index (Phi) is 6.37. The molecule has 0 unspecified atom stereocenters. The molecule has 0 atom stereocenters. The van der Waals surface area contributed by atoms with Crippen LogP contribution in [0.4, 0.5) is 5.69 Å². The van der Waals surface area contributed by atoms with E-state index in [2.05, 4.69) is 26.1 Å². The van der Waals surface area contributed by atoms with E-state index >= 15 is 0 Å². The molecule has 1 aliphatic carbocycles. The van der Waals surface area contributed by atoms with E-state index in [0.29, 0.717) is 17.4 Å². The van der Waals surface area contributed by atoms with Gasteiger partial charge in [0.1, 0.15) is 5.76 Å². The van der Waals surface area contributed by atoms with Crippen LogP contribution in [0.5, 0.6) is 0 Å². The molecular weight excluding hydrogens is 410 g/mol. The highest BCUT2D eigenvalue weighted by Crippen LogP contribution is 2.29. The molecule has 0 saturated carbocycles. The predicted octanol–water partition coefficient (Wildman–Crippen LogP) is 3.94. The van der Waals surface area contributed by atoms with Gasteiger partial charge < -0.3 is 15.1 Å². The molecule has 158 valence electrons. The van der Waals surface area contributed by atoms with Gasteiger partial charge in [0.15, 0.2) is 10.9 Å². The quantitative estimate of drug-likeness (QED) is 0.417. The summed E-state index contributed by atoms with van der Waals surface area (Å²) in [7, 11) is 0. The molecule has 2 aromatic heterocycles. The second-order valence-electron chi connectivity index (χ2n) is 7.20. The molecule has 0 saturated heterocycles. The minimum Gasteiger partial charge on any atom is -0.455 e. The van der Waals surface area contributed by atoms with Gasteiger partial charge in [0.05, 0.1) is 18.0 Å². The number of hydrogen-bond donors (Lipinski definition) is 3. The van der Waals surface area contributed by atoms with Crippen LogP contribution in [0.1, 0.15) is 46.0 Å². The van der Waals surface area contributed by atoms with Crippen molar-refractivity contribution in [2.75, 3.05) is 5.32 Å². The number of carbonyl (C=O) groups is 1. The molecule has 8 heteroatoms. The molecule has 2 heterocycles. The number of hydrogen-bond acceptors (Lipinski definition) is 5. The van der Waals surface area contributed by atoms with Crippen LogP contribution in [0.2, 0.25) is 0 Å². The van der Waals surface area contributed by atoms with Gasteiger partial charge in [-0.1, -0.05) is 24.3 Å². The molecule has 0 bridgehead atoms. The number of hydrazone groups is 1. The smallest absolute Gasteiger partial charge is 0.287 e. The highest BCUT2D eigenvalue weighted by molar-refractivity contribution is 7.80. The Hall–Kier alpha value is -3.52. The number of para-hydroxylation sites is 1. The maximum absolute atomic E-state index is 12.7. The molecule has 4 rings (SSSR count). The SMILES string of the molecule is Cc1c(C(=O)NCc2ccccn2)oc2c1/C(=N/NC(=S)Nc1ccccc1)CCC2. The highest BCUT2D eigenvalue weighted by atomic mass is 32.1. The lowest BCUT2D eigenvalue weighted by atomic mass is 9.93. The van der Waals surface area contributed by atoms with Gasteiger partial charge in [-0.3, -0.25) is 15.2 Å². The van der Waals surface area contributed by atoms with Crippen LogP contribution in [0.25, 0.3) is 0 Å². The number of anilines is 1. The second-order valence-corrected chi connectivity index (χ2v) is 7.61. The van der Waals surface area contributed by atoms with Gasteiger partial charge in [-0.25, -0.2) is 0 Å². The zero-order valence-electron chi connectivity index (χ0n) is 17.1. The Bertz CT molecular complexity index is 1110. The van der Waals surface area contributed by atoms with E-state index in [1.54, 1.807) is 6.20 Å². The van der Waals surface area contributed by atoms with Gasteiger partial charge in [0.25, 0.3) is 5.91 Å². The molecule has 7 nitrogen and oxygen atoms in total. The Morgan fingerprint density at radius 1 is 1.16 bits per heavy atom. The number of thiocarbonyl (C=S) groups is 1. The summed E-state index contributed by atoms with van der Waals surface area (Å²) in [6.45, 7) is 2.23. The first-order chi connectivity index (χ1) is 15.1. The molecule has 0 fully saturated rings. The lowest BCUT2D eigenvalue weighted by Gasteiger charge is -2.14. The Morgan fingerprint density at radius 3 is 2.74 bits per heavy atom. The number of aromatic nitrogens is 1. The molecule has 1 amide bonds. The third-order valence-electron chi connectivity index (χ3n) is 5.01. The zero-order chi connectivity index (χ0) is 21.6. The van der Waals surface area contributed by atoms with Crippen molar-refractivity contribution in [2.24, 2.45) is 5.10 Å². The number of amides is 1. The normalized spacial score (nSPS) is 14.0. The van der Waals surface area contributed by atoms with Gasteiger partial charge in [-0.05, 0) is 56.2 Å². The van der Waals surface area contributed by atoms with Crippen molar-refractivity contribution < 1.29 is 9.21 Å². The fourth-order valence-electron chi connectivity index (χ4n) is 3.55. The monoisotopic (exact) mass is 433 g/mol. The maximum Gasteiger partial charge on any atom is 0.287 e. The van der Waals surface area contributed by atoms with Gasteiger partial charge >= 0.3 is 0 Å². The minimum absolute atomic E-state index is 0.258. The molecule has 1 aliphatic rings. The number of rotatable bonds is 5. The number of fused-ring (bicyclic) bond motifs is 1. The van der Waals surface area contributed by atoms with E-state index in [4.69, 9.17) is 16.6 Å². The topological polar surface area (TPSA) is 91.6 Å². The fraction of sp³-hybridized carbons (Fsp3) is 0.217. The van der Waals surface area contributed by atoms with E-state index in [9.17, 15) is 4.79 Å². The van der Waals surface area contributed by atoms with Gasteiger partial charge in [0.2, 0.25) is 0 Å². The molecule has 3 aromatic rings. The summed E-state index contributed by atoms with van der Waals surface area (Å²) in [6.07, 6.45) is 4.15. The average Bonchev–Trinajstić information content (AvgIpc) is 3.14. The summed E-state index contributed by atoms with van der Waals surface area (Å²) < 4.78 is 5.93. The lowest BCUT2D eigenvalue weighted by Crippen LogP contribution is -2.26. The van der Waals surface area contributed by atoms with Crippen LogP contribution < -0.4 is 16.1 Å². The predicted molar refractivity (Wildman–Crippen MR) is 124 cm³/mol. The van der Waals surface area contributed by atoms with E-state index in [1.807, 2.05) is 55.5 Å². The van der Waals surface area contributed by atoms with Crippen molar-refractivity contribution >= 4 is 34.6 Å². The van der Waals surface area contributed by atoms with Gasteiger partial charge in [0, 0.05) is 29.4 Å². The van der Waals surface area contributed by atoms with Crippen molar-refractivity contribution in [1.29, 1.82) is 0 Å². The second kappa shape index (κ2) is 9.53. The van der Waals surface area contributed by atoms with Crippen LogP contribution >= 0.6 is 12.2 Å². The number of nitrogens with zero attached hydrogens (tertiary/aromatic N) is 2. The number of furan rings is 1. The molecule has 0 aliphatic heterocycles. The fourth-order valence-corrected chi connectivity index (χ4v) is 3.71. The zero-order valence-corrected chi connectivity index (χ0v) is 18.0. The highest BCUT2D eigenvalue weighted by Gasteiger charge is 2.28. The summed E-state index contributed by atoms with van der Waals surface area (Å²) >= 11 is 5.34. The molecule has 3 N–H and O–H groups in total. The lowest BCUT2D eigenvalue weighted by molar-refractivity contribution is 0.0920. The van der Waals surface area contributed by atoms with Gasteiger partial charge in [-0.15, -0.1) is 0 Å². The van der Waals surface area contributed by atoms with E-state index in [1.165, 1.54) is 0 Å². The largest absolute Gasteiger partial charge is 0.455 e. The molecular formula is C23H23N5O2S. The summed E-state index contributed by atoms with van der Waals surface area (Å²) in [5.74, 6) is 0.848. The van der Waals surface area contributed by atoms with Gasteiger partial charge in [-0.2, -0.15) is 5.10 Å². The molecule has 1 aromatic carbocycles. The number of pyridine rings is 1. The summed E-state index contributed by atoms with van der Waals surface area (Å²) in [4.78, 5) is 16.9. The van der Waals surface area contributed by atoms with E-state index in [0.717, 1.165) is 53.2 Å². The summed E-state index contributed by atoms with van der Waals surface area (Å²) in [6, 6.07) is 15.2. The molecule has 31 heavy (non-hydrogen) atoms. The first kappa shape index (κ1) is 20.7. The van der Waals surface area contributed by atoms with E-state index < -0.39 is 0 Å². The Labute approximate surface area is 186 Å². The van der Waals surface area contributed by atoms with Crippen LogP contribution in [0.15, 0.2) is 64.2 Å². The number of nitrogens with one attached hydrogen (secondary N) is 3. The maximum atomic E-state index is 12.7. The first-order valence-corrected chi connectivity index (χ1v) is 10.5. The van der Waals surface area contributed by atoms with Crippen molar-refractivity contribution in [3.63, 3.8) is 0 Å². The molecule has 0 spiro atoms. The van der Waals surface area contributed by atoms with Crippen molar-refractivity contribution in [3.8, 4) is 0 Å². The number of carbonyl (C=O) groups excluding carboxylic acids is 1. The number of benzene rings is 1. The van der Waals surface area contributed by atoms with E-state index in [-0.39, 0.29) is 5.91 Å². The van der Waals surface area contributed by atoms with Crippen LogP contribution in [-0.2, 0) is 13.0 Å². The minimum atomic E-state index is -0.258. The van der Waals surface area contributed by atoms with Crippen molar-refractivity contribution in [1.82, 2.24) is 15.7 Å². The summed E-state index contributed by atoms with van der Waals surface area (Å²) in [5.41, 5.74) is 7.10.